The summed E-state index contributed by atoms with van der Waals surface area (Å²) >= 11 is 0. The molecule has 0 fully saturated rings. The summed E-state index contributed by atoms with van der Waals surface area (Å²) in [5.41, 5.74) is 0. The maximum Gasteiger partial charge on any atom is 1.00 e. The molecule has 0 unspecified atom stereocenters. The smallest absolute Gasteiger partial charge is 0.492 e. The van der Waals surface area contributed by atoms with Crippen LogP contribution in [0.4, 0.5) is 0 Å². The Hall–Kier alpha value is 0.0803. The molecule has 0 saturated carbocycles. The molecule has 0 radical (unpaired) electrons. The number of esters is 1. The van der Waals surface area contributed by atoms with Gasteiger partial charge in [-0.05, 0) is 0 Å². The van der Waals surface area contributed by atoms with Crippen molar-refractivity contribution in [3.63, 3.8) is 0 Å². The number of rotatable bonds is 0. The van der Waals surface area contributed by atoms with E-state index in [0.29, 0.717) is 0 Å². The molecule has 0 saturated heterocycles. The third-order valence-corrected chi connectivity index (χ3v) is 0.228. The van der Waals surface area contributed by atoms with Crippen LogP contribution in [0.2, 0.25) is 0 Å². The van der Waals surface area contributed by atoms with Gasteiger partial charge in [0.2, 0.25) is 0 Å². The summed E-state index contributed by atoms with van der Waals surface area (Å²) in [6, 6.07) is 0. The van der Waals surface area contributed by atoms with Crippen molar-refractivity contribution < 1.29 is 31.9 Å². The van der Waals surface area contributed by atoms with Crippen LogP contribution >= 0.6 is 0 Å². The molecule has 0 N–H and O–H groups in total. The van der Waals surface area contributed by atoms with Crippen molar-refractivity contribution in [2.75, 3.05) is 7.11 Å². The van der Waals surface area contributed by atoms with E-state index in [9.17, 15) is 4.79 Å². The second-order valence-corrected chi connectivity index (χ2v) is 0.576. The Bertz CT molecular complexity index is 44.1. The quantitative estimate of drug-likeness (QED) is 0.351. The fraction of sp³-hybridized carbons (Fsp3) is 0.333. The second-order valence-electron chi connectivity index (χ2n) is 0.576. The minimum Gasteiger partial charge on any atom is -0.492 e. The Labute approximate surface area is 52.4 Å². The molecule has 2 nitrogen and oxygen atoms in total. The van der Waals surface area contributed by atoms with Gasteiger partial charge in [0.1, 0.15) is 0 Å². The Morgan fingerprint density at radius 1 is 1.83 bits per heavy atom. The number of ether oxygens (including phenoxy) is 1. The van der Waals surface area contributed by atoms with E-state index in [1.54, 1.807) is 0 Å². The van der Waals surface area contributed by atoms with Gasteiger partial charge in [-0.25, -0.2) is 0 Å². The first-order chi connectivity index (χ1) is 2.27. The van der Waals surface area contributed by atoms with Crippen LogP contribution < -0.4 is 0 Å². The third kappa shape index (κ3) is 8.95. The number of carbonyl (C=O) groups excluding carboxylic acids is 1. The normalized spacial score (nSPS) is 5.50. The Balaban J connectivity index is 0. The van der Waals surface area contributed by atoms with E-state index < -0.39 is 5.97 Å². The van der Waals surface area contributed by atoms with Crippen LogP contribution in [0.5, 0.6) is 0 Å². The summed E-state index contributed by atoms with van der Waals surface area (Å²) in [5.74, 6) is -0.495. The van der Waals surface area contributed by atoms with Crippen molar-refractivity contribution in [2.45, 2.75) is 0 Å². The molecular weight excluding hydrogens is 265 g/mol. The molecule has 6 heavy (non-hydrogen) atoms. The maximum absolute atomic E-state index is 9.48. The van der Waals surface area contributed by atoms with E-state index >= 15 is 0 Å². The summed E-state index contributed by atoms with van der Waals surface area (Å²) in [6.07, 6.45) is 0. The third-order valence-electron chi connectivity index (χ3n) is 0.228. The monoisotopic (exact) mass is 270 g/mol. The fourth-order valence-electron chi connectivity index (χ4n) is 0. The van der Waals surface area contributed by atoms with E-state index in [4.69, 9.17) is 0 Å². The van der Waals surface area contributed by atoms with Gasteiger partial charge < -0.3 is 4.74 Å². The molecule has 0 aliphatic carbocycles. The molecular formula is C3H5AuO2. The van der Waals surface area contributed by atoms with E-state index in [1.165, 1.54) is 7.11 Å². The van der Waals surface area contributed by atoms with Gasteiger partial charge in [-0.1, -0.05) is 0 Å². The van der Waals surface area contributed by atoms with Crippen LogP contribution in [0.15, 0.2) is 0 Å². The molecule has 3 heteroatoms. The van der Waals surface area contributed by atoms with Crippen molar-refractivity contribution in [2.24, 2.45) is 0 Å². The van der Waals surface area contributed by atoms with Gasteiger partial charge in [-0.15, -0.1) is 0 Å². The van der Waals surface area contributed by atoms with Crippen LogP contribution in [0.3, 0.4) is 0 Å². The van der Waals surface area contributed by atoms with Crippen LogP contribution in [0.1, 0.15) is 0 Å². The minimum absolute atomic E-state index is 0. The topological polar surface area (TPSA) is 26.3 Å². The first-order valence-electron chi connectivity index (χ1n) is 1.17. The summed E-state index contributed by atoms with van der Waals surface area (Å²) in [6.45, 7) is 2.90. The molecule has 0 rings (SSSR count). The van der Waals surface area contributed by atoms with Crippen LogP contribution in [-0.4, -0.2) is 13.1 Å². The molecule has 0 aliphatic heterocycles. The molecule has 0 aromatic rings. The molecule has 0 spiro atoms. The van der Waals surface area contributed by atoms with Crippen LogP contribution in [0.25, 0.3) is 0 Å². The second kappa shape index (κ2) is 5.08. The van der Waals surface area contributed by atoms with E-state index in [2.05, 4.69) is 11.7 Å². The Morgan fingerprint density at radius 2 is 2.00 bits per heavy atom. The molecule has 0 aromatic carbocycles. The average molecular weight is 270 g/mol. The largest absolute Gasteiger partial charge is 1.00 e. The van der Waals surface area contributed by atoms with Gasteiger partial charge >= 0.3 is 22.4 Å². The van der Waals surface area contributed by atoms with E-state index in [1.807, 2.05) is 0 Å². The van der Waals surface area contributed by atoms with Crippen molar-refractivity contribution >= 4 is 5.97 Å². The van der Waals surface area contributed by atoms with Gasteiger partial charge in [0.15, 0.2) is 5.97 Å². The first-order valence-corrected chi connectivity index (χ1v) is 1.17. The van der Waals surface area contributed by atoms with Crippen molar-refractivity contribution in [1.82, 2.24) is 0 Å². The summed E-state index contributed by atoms with van der Waals surface area (Å²) in [7, 11) is 1.29. The summed E-state index contributed by atoms with van der Waals surface area (Å²) in [4.78, 5) is 9.48. The summed E-state index contributed by atoms with van der Waals surface area (Å²) in [5, 5.41) is 0. The van der Waals surface area contributed by atoms with Gasteiger partial charge in [-0.3, -0.25) is 11.7 Å². The van der Waals surface area contributed by atoms with Crippen molar-refractivity contribution in [3.05, 3.63) is 6.92 Å². The zero-order valence-electron chi connectivity index (χ0n) is 3.33. The molecule has 0 heterocycles. The van der Waals surface area contributed by atoms with Crippen molar-refractivity contribution in [1.29, 1.82) is 0 Å². The summed E-state index contributed by atoms with van der Waals surface area (Å²) < 4.78 is 4.00. The molecule has 0 bridgehead atoms. The van der Waals surface area contributed by atoms with Crippen LogP contribution in [0, 0.1) is 6.92 Å². The average Bonchev–Trinajstić information content (AvgIpc) is 1.38. The molecule has 0 atom stereocenters. The van der Waals surface area contributed by atoms with Gasteiger partial charge in [0.05, 0.1) is 7.11 Å². The number of carbonyl (C=O) groups is 1. The number of hydrogen-bond donors (Lipinski definition) is 0. The zero-order valence-corrected chi connectivity index (χ0v) is 5.49. The molecule has 40 valence electrons. The molecule has 0 aliphatic rings. The van der Waals surface area contributed by atoms with E-state index in [-0.39, 0.29) is 22.4 Å². The van der Waals surface area contributed by atoms with Gasteiger partial charge in [0, 0.05) is 0 Å². The molecule has 0 amide bonds. The molecule has 0 aromatic heterocycles. The van der Waals surface area contributed by atoms with Crippen molar-refractivity contribution in [3.8, 4) is 0 Å². The predicted octanol–water partition coefficient (Wildman–Crippen LogP) is -0.00901. The standard InChI is InChI=1S/C3H5O2.Au/c1-3(4)5-2;/h1H2,2H3;/q-1;+1. The van der Waals surface area contributed by atoms with Gasteiger partial charge in [0.25, 0.3) is 0 Å². The first kappa shape index (κ1) is 9.43. The zero-order chi connectivity index (χ0) is 4.28. The van der Waals surface area contributed by atoms with E-state index in [0.717, 1.165) is 0 Å². The predicted molar refractivity (Wildman–Crippen MR) is 17.4 cm³/mol. The Kier molecular flexibility index (Phi) is 7.98. The SMILES string of the molecule is [Au+].[CH2-]C(=O)OC. The Morgan fingerprint density at radius 3 is 2.00 bits per heavy atom. The van der Waals surface area contributed by atoms with Crippen LogP contribution in [-0.2, 0) is 31.9 Å². The fourth-order valence-corrected chi connectivity index (χ4v) is 0. The van der Waals surface area contributed by atoms with Gasteiger partial charge in [-0.2, -0.15) is 0 Å². The minimum atomic E-state index is -0.495. The number of hydrogen-bond acceptors (Lipinski definition) is 2. The number of methoxy groups -OCH3 is 1. The maximum atomic E-state index is 9.48.